The molecule has 1 unspecified atom stereocenters. The Hall–Kier alpha value is -2.25. The molecular weight excluding hydrogens is 344 g/mol. The maximum absolute atomic E-state index is 12.9. The third-order valence-corrected chi connectivity index (χ3v) is 6.07. The second-order valence-corrected chi connectivity index (χ2v) is 7.70. The number of rotatable bonds is 4. The van der Waals surface area contributed by atoms with Crippen LogP contribution in [0, 0.1) is 0 Å². The van der Waals surface area contributed by atoms with E-state index >= 15 is 0 Å². The topological polar surface area (TPSA) is 95.7 Å². The normalized spacial score (nSPS) is 26.3. The third-order valence-electron chi connectivity index (χ3n) is 6.07. The van der Waals surface area contributed by atoms with Gasteiger partial charge in [0.1, 0.15) is 6.04 Å². The molecule has 27 heavy (non-hydrogen) atoms. The molecule has 3 N–H and O–H groups in total. The van der Waals surface area contributed by atoms with Crippen molar-refractivity contribution in [2.75, 3.05) is 13.1 Å². The van der Waals surface area contributed by atoms with Gasteiger partial charge >= 0.3 is 0 Å². The molecule has 3 aliphatic heterocycles. The number of likely N-dealkylation sites (tertiary alicyclic amines) is 1. The Labute approximate surface area is 158 Å². The van der Waals surface area contributed by atoms with E-state index in [0.29, 0.717) is 31.1 Å². The maximum Gasteiger partial charge on any atom is 0.255 e. The number of imide groups is 1. The number of nitrogens with two attached hydrogens (primary N) is 1. The predicted octanol–water partition coefficient (Wildman–Crippen LogP) is 0.761. The molecule has 1 aromatic carbocycles. The summed E-state index contributed by atoms with van der Waals surface area (Å²) in [5, 5.41) is 2.35. The van der Waals surface area contributed by atoms with Crippen molar-refractivity contribution in [2.24, 2.45) is 5.73 Å². The molecule has 0 aliphatic carbocycles. The van der Waals surface area contributed by atoms with E-state index in [4.69, 9.17) is 5.73 Å². The molecule has 0 saturated carbocycles. The molecule has 4 rings (SSSR count). The van der Waals surface area contributed by atoms with Crippen LogP contribution in [0.4, 0.5) is 0 Å². The number of piperidine rings is 2. The van der Waals surface area contributed by atoms with E-state index in [9.17, 15) is 14.4 Å². The molecule has 3 heterocycles. The number of carbonyl (C=O) groups is 3. The first-order valence-corrected chi connectivity index (χ1v) is 9.78. The van der Waals surface area contributed by atoms with Crippen molar-refractivity contribution in [1.29, 1.82) is 0 Å². The summed E-state index contributed by atoms with van der Waals surface area (Å²) < 4.78 is 0. The summed E-state index contributed by atoms with van der Waals surface area (Å²) in [5.41, 5.74) is 8.77. The molecule has 0 spiro atoms. The van der Waals surface area contributed by atoms with Crippen LogP contribution in [0.25, 0.3) is 0 Å². The van der Waals surface area contributed by atoms with E-state index in [1.807, 2.05) is 12.1 Å². The molecule has 0 bridgehead atoms. The first-order chi connectivity index (χ1) is 13.1. The van der Waals surface area contributed by atoms with Crippen LogP contribution in [-0.4, -0.2) is 52.7 Å². The van der Waals surface area contributed by atoms with Gasteiger partial charge in [0.25, 0.3) is 5.91 Å². The Morgan fingerprint density at radius 3 is 2.78 bits per heavy atom. The number of hydrogen-bond acceptors (Lipinski definition) is 5. The molecule has 7 nitrogen and oxygen atoms in total. The molecule has 7 heteroatoms. The Balaban J connectivity index is 1.56. The summed E-state index contributed by atoms with van der Waals surface area (Å²) in [6, 6.07) is 5.65. The van der Waals surface area contributed by atoms with Gasteiger partial charge in [0.2, 0.25) is 11.8 Å². The lowest BCUT2D eigenvalue weighted by atomic mass is 9.98. The highest BCUT2D eigenvalue weighted by molar-refractivity contribution is 6.05. The molecule has 2 atom stereocenters. The van der Waals surface area contributed by atoms with Crippen LogP contribution in [-0.2, 0) is 22.7 Å². The highest BCUT2D eigenvalue weighted by Crippen LogP contribution is 2.31. The van der Waals surface area contributed by atoms with Crippen LogP contribution in [0.2, 0.25) is 0 Å². The molecule has 2 fully saturated rings. The summed E-state index contributed by atoms with van der Waals surface area (Å²) in [6.45, 7) is 2.88. The molecule has 0 aromatic heterocycles. The minimum absolute atomic E-state index is 0.115. The van der Waals surface area contributed by atoms with Gasteiger partial charge in [-0.1, -0.05) is 18.6 Å². The number of nitrogens with one attached hydrogen (secondary N) is 1. The van der Waals surface area contributed by atoms with Crippen LogP contribution in [0.5, 0.6) is 0 Å². The fourth-order valence-electron chi connectivity index (χ4n) is 4.55. The number of fused-ring (bicyclic) bond motifs is 1. The first kappa shape index (κ1) is 18.1. The molecule has 144 valence electrons. The van der Waals surface area contributed by atoms with Gasteiger partial charge in [0.05, 0.1) is 0 Å². The van der Waals surface area contributed by atoms with Crippen molar-refractivity contribution < 1.29 is 14.4 Å². The lowest BCUT2D eigenvalue weighted by Crippen LogP contribution is -2.52. The first-order valence-electron chi connectivity index (χ1n) is 9.78. The Morgan fingerprint density at radius 1 is 1.15 bits per heavy atom. The molecule has 0 radical (unpaired) electrons. The minimum Gasteiger partial charge on any atom is -0.329 e. The number of hydrogen-bond donors (Lipinski definition) is 2. The van der Waals surface area contributed by atoms with Crippen molar-refractivity contribution in [3.63, 3.8) is 0 Å². The van der Waals surface area contributed by atoms with Crippen molar-refractivity contribution in [3.8, 4) is 0 Å². The number of carbonyl (C=O) groups excluding carboxylic acids is 3. The fourth-order valence-corrected chi connectivity index (χ4v) is 4.55. The zero-order chi connectivity index (χ0) is 19.0. The van der Waals surface area contributed by atoms with E-state index in [2.05, 4.69) is 16.3 Å². The monoisotopic (exact) mass is 370 g/mol. The third kappa shape index (κ3) is 3.37. The minimum atomic E-state index is -0.567. The number of benzene rings is 1. The van der Waals surface area contributed by atoms with Crippen molar-refractivity contribution in [1.82, 2.24) is 15.1 Å². The largest absolute Gasteiger partial charge is 0.329 e. The van der Waals surface area contributed by atoms with Crippen LogP contribution in [0.1, 0.15) is 53.6 Å². The van der Waals surface area contributed by atoms with Gasteiger partial charge in [0.15, 0.2) is 0 Å². The van der Waals surface area contributed by atoms with Crippen LogP contribution in [0.15, 0.2) is 18.2 Å². The van der Waals surface area contributed by atoms with E-state index in [1.54, 1.807) is 4.90 Å². The quantitative estimate of drug-likeness (QED) is 0.763. The summed E-state index contributed by atoms with van der Waals surface area (Å²) >= 11 is 0. The molecule has 2 saturated heterocycles. The zero-order valence-corrected chi connectivity index (χ0v) is 15.4. The van der Waals surface area contributed by atoms with Gasteiger partial charge in [0, 0.05) is 37.7 Å². The Bertz CT molecular complexity index is 778. The van der Waals surface area contributed by atoms with Crippen molar-refractivity contribution in [2.45, 2.75) is 57.3 Å². The predicted molar refractivity (Wildman–Crippen MR) is 99.6 cm³/mol. The van der Waals surface area contributed by atoms with Gasteiger partial charge < -0.3 is 10.6 Å². The van der Waals surface area contributed by atoms with E-state index in [0.717, 1.165) is 30.6 Å². The SMILES string of the molecule is NC[C@@H]1CCCCN1Cc1cccc2c1CN(C1CCC(=O)NC1=O)C2=O. The standard InChI is InChI=1S/C20H26N4O3/c21-10-14-5-1-2-9-23(14)11-13-4-3-6-15-16(13)12-24(20(15)27)17-7-8-18(25)22-19(17)26/h3-4,6,14,17H,1-2,5,7-12,21H2,(H,22,25,26)/t14-,17?/m0/s1. The van der Waals surface area contributed by atoms with Gasteiger partial charge in [-0.2, -0.15) is 0 Å². The molecule has 3 amide bonds. The van der Waals surface area contributed by atoms with E-state index in [1.165, 1.54) is 12.8 Å². The summed E-state index contributed by atoms with van der Waals surface area (Å²) in [7, 11) is 0. The average molecular weight is 370 g/mol. The van der Waals surface area contributed by atoms with Gasteiger partial charge in [-0.3, -0.25) is 24.6 Å². The average Bonchev–Trinajstić information content (AvgIpc) is 3.00. The molecule has 1 aromatic rings. The second kappa shape index (κ2) is 7.40. The van der Waals surface area contributed by atoms with Crippen LogP contribution >= 0.6 is 0 Å². The molecular formula is C20H26N4O3. The molecule has 3 aliphatic rings. The smallest absolute Gasteiger partial charge is 0.255 e. The number of nitrogens with zero attached hydrogens (tertiary/aromatic N) is 2. The zero-order valence-electron chi connectivity index (χ0n) is 15.4. The van der Waals surface area contributed by atoms with Crippen LogP contribution in [0.3, 0.4) is 0 Å². The fraction of sp³-hybridized carbons (Fsp3) is 0.550. The van der Waals surface area contributed by atoms with Crippen LogP contribution < -0.4 is 11.1 Å². The highest BCUT2D eigenvalue weighted by atomic mass is 16.2. The van der Waals surface area contributed by atoms with Gasteiger partial charge in [-0.05, 0) is 43.0 Å². The van der Waals surface area contributed by atoms with E-state index in [-0.39, 0.29) is 24.1 Å². The number of amides is 3. The second-order valence-electron chi connectivity index (χ2n) is 7.70. The summed E-state index contributed by atoms with van der Waals surface area (Å²) in [5.74, 6) is -0.748. The van der Waals surface area contributed by atoms with E-state index < -0.39 is 6.04 Å². The van der Waals surface area contributed by atoms with Gasteiger partial charge in [-0.15, -0.1) is 0 Å². The summed E-state index contributed by atoms with van der Waals surface area (Å²) in [4.78, 5) is 40.6. The highest BCUT2D eigenvalue weighted by Gasteiger charge is 2.40. The summed E-state index contributed by atoms with van der Waals surface area (Å²) in [6.07, 6.45) is 4.17. The lowest BCUT2D eigenvalue weighted by Gasteiger charge is -2.35. The maximum atomic E-state index is 12.9. The Kier molecular flexibility index (Phi) is 4.97. The van der Waals surface area contributed by atoms with Crippen molar-refractivity contribution >= 4 is 17.7 Å². The lowest BCUT2D eigenvalue weighted by molar-refractivity contribution is -0.136. The van der Waals surface area contributed by atoms with Gasteiger partial charge in [-0.25, -0.2) is 0 Å². The van der Waals surface area contributed by atoms with Crippen molar-refractivity contribution in [3.05, 3.63) is 34.9 Å². The Morgan fingerprint density at radius 2 is 2.00 bits per heavy atom.